The normalized spacial score (nSPS) is 12.9. The van der Waals surface area contributed by atoms with Crippen LogP contribution in [0.3, 0.4) is 0 Å². The molecule has 0 N–H and O–H groups in total. The molecule has 1 nitrogen and oxygen atoms in total. The molecule has 1 heterocycles. The van der Waals surface area contributed by atoms with Gasteiger partial charge in [0.15, 0.2) is 0 Å². The molecule has 0 unspecified atom stereocenters. The number of fused-ring (bicyclic) bond motifs is 16. The Balaban J connectivity index is 1.17. The molecule has 1 aliphatic rings. The molecule has 13 rings (SSSR count). The molecule has 0 radical (unpaired) electrons. The van der Waals surface area contributed by atoms with Crippen molar-refractivity contribution in [3.8, 4) is 22.3 Å². The zero-order valence-electron chi connectivity index (χ0n) is 36.2. The van der Waals surface area contributed by atoms with E-state index in [1.165, 1.54) is 107 Å². The fourth-order valence-electron chi connectivity index (χ4n) is 10.9. The molecule has 0 saturated heterocycles. The molecule has 12 aromatic rings. The van der Waals surface area contributed by atoms with Gasteiger partial charge >= 0.3 is 0 Å². The fourth-order valence-corrected chi connectivity index (χ4v) is 12.0. The molecule has 0 aliphatic heterocycles. The molecule has 0 saturated carbocycles. The Morgan fingerprint density at radius 3 is 1.43 bits per heavy atom. The maximum absolute atomic E-state index is 2.49. The van der Waals surface area contributed by atoms with Crippen molar-refractivity contribution >= 4 is 102 Å². The number of thiophene rings is 1. The van der Waals surface area contributed by atoms with Gasteiger partial charge in [0, 0.05) is 42.6 Å². The maximum atomic E-state index is 2.49. The summed E-state index contributed by atoms with van der Waals surface area (Å²) < 4.78 is 2.60. The zero-order chi connectivity index (χ0) is 43.2. The Bertz CT molecular complexity index is 3970. The van der Waals surface area contributed by atoms with Gasteiger partial charge in [-0.15, -0.1) is 11.3 Å². The van der Waals surface area contributed by atoms with Crippen molar-refractivity contribution in [2.45, 2.75) is 19.3 Å². The maximum Gasteiger partial charge on any atom is 0.0468 e. The zero-order valence-corrected chi connectivity index (χ0v) is 37.0. The van der Waals surface area contributed by atoms with E-state index in [1.807, 2.05) is 11.3 Å². The highest BCUT2D eigenvalue weighted by atomic mass is 32.1. The van der Waals surface area contributed by atoms with Gasteiger partial charge in [0.25, 0.3) is 0 Å². The first-order valence-electron chi connectivity index (χ1n) is 22.6. The Morgan fingerprint density at radius 1 is 0.292 bits per heavy atom. The van der Waals surface area contributed by atoms with E-state index in [4.69, 9.17) is 0 Å². The van der Waals surface area contributed by atoms with Crippen molar-refractivity contribution in [2.75, 3.05) is 4.90 Å². The first kappa shape index (κ1) is 37.7. The second-order valence-corrected chi connectivity index (χ2v) is 19.1. The van der Waals surface area contributed by atoms with Crippen LogP contribution in [-0.2, 0) is 5.41 Å². The average Bonchev–Trinajstić information content (AvgIpc) is 3.84. The van der Waals surface area contributed by atoms with Crippen LogP contribution in [0, 0.1) is 0 Å². The minimum absolute atomic E-state index is 0.143. The van der Waals surface area contributed by atoms with Gasteiger partial charge in [-0.3, -0.25) is 0 Å². The minimum atomic E-state index is -0.143. The van der Waals surface area contributed by atoms with Gasteiger partial charge in [-0.05, 0) is 142 Å². The second-order valence-electron chi connectivity index (χ2n) is 18.0. The minimum Gasteiger partial charge on any atom is -0.310 e. The summed E-state index contributed by atoms with van der Waals surface area (Å²) in [5, 5.41) is 14.9. The van der Waals surface area contributed by atoms with Gasteiger partial charge in [-0.2, -0.15) is 0 Å². The summed E-state index contributed by atoms with van der Waals surface area (Å²) in [7, 11) is 0. The predicted molar refractivity (Wildman–Crippen MR) is 282 cm³/mol. The lowest BCUT2D eigenvalue weighted by molar-refractivity contribution is 0.660. The molecule has 2 heteroatoms. The van der Waals surface area contributed by atoms with Crippen LogP contribution >= 0.6 is 11.3 Å². The highest BCUT2D eigenvalue weighted by Gasteiger charge is 2.35. The summed E-state index contributed by atoms with van der Waals surface area (Å²) in [5.41, 5.74) is 11.0. The molecule has 1 aromatic heterocycles. The van der Waals surface area contributed by atoms with Crippen LogP contribution in [0.5, 0.6) is 0 Å². The van der Waals surface area contributed by atoms with E-state index in [9.17, 15) is 0 Å². The van der Waals surface area contributed by atoms with Crippen molar-refractivity contribution < 1.29 is 0 Å². The molecular formula is C63H43NS. The van der Waals surface area contributed by atoms with E-state index in [2.05, 4.69) is 243 Å². The van der Waals surface area contributed by atoms with Gasteiger partial charge < -0.3 is 4.90 Å². The lowest BCUT2D eigenvalue weighted by Gasteiger charge is -2.28. The summed E-state index contributed by atoms with van der Waals surface area (Å²) in [5.74, 6) is 0. The third-order valence-corrected chi connectivity index (χ3v) is 15.2. The van der Waals surface area contributed by atoms with Gasteiger partial charge in [0.1, 0.15) is 0 Å². The number of rotatable bonds is 4. The number of nitrogens with zero attached hydrogens (tertiary/aromatic N) is 1. The Morgan fingerprint density at radius 2 is 0.754 bits per heavy atom. The van der Waals surface area contributed by atoms with E-state index >= 15 is 0 Å². The number of hydrogen-bond donors (Lipinski definition) is 0. The van der Waals surface area contributed by atoms with Crippen LogP contribution in [0.2, 0.25) is 0 Å². The van der Waals surface area contributed by atoms with Crippen molar-refractivity contribution in [3.05, 3.63) is 236 Å². The number of hydrogen-bond acceptors (Lipinski definition) is 2. The highest BCUT2D eigenvalue weighted by Crippen LogP contribution is 2.51. The molecule has 306 valence electrons. The van der Waals surface area contributed by atoms with Crippen LogP contribution in [0.25, 0.3) is 96.3 Å². The van der Waals surface area contributed by atoms with E-state index in [0.29, 0.717) is 0 Å². The van der Waals surface area contributed by atoms with Gasteiger partial charge in [-0.25, -0.2) is 0 Å². The molecule has 65 heavy (non-hydrogen) atoms. The molecular weight excluding hydrogens is 803 g/mol. The molecule has 0 amide bonds. The van der Waals surface area contributed by atoms with E-state index in [0.717, 1.165) is 17.1 Å². The first-order valence-corrected chi connectivity index (χ1v) is 23.4. The molecule has 1 aliphatic carbocycles. The molecule has 0 atom stereocenters. The summed E-state index contributed by atoms with van der Waals surface area (Å²) in [6.07, 6.45) is 0. The molecule has 0 fully saturated rings. The molecule has 0 spiro atoms. The van der Waals surface area contributed by atoms with Crippen LogP contribution in [0.1, 0.15) is 25.0 Å². The van der Waals surface area contributed by atoms with Gasteiger partial charge in [0.2, 0.25) is 0 Å². The van der Waals surface area contributed by atoms with E-state index in [1.54, 1.807) is 0 Å². The average molecular weight is 846 g/mol. The van der Waals surface area contributed by atoms with E-state index < -0.39 is 0 Å². The highest BCUT2D eigenvalue weighted by molar-refractivity contribution is 7.25. The van der Waals surface area contributed by atoms with Gasteiger partial charge in [-0.1, -0.05) is 184 Å². The largest absolute Gasteiger partial charge is 0.310 e. The summed E-state index contributed by atoms with van der Waals surface area (Å²) in [6, 6.07) is 83.9. The topological polar surface area (TPSA) is 3.24 Å². The van der Waals surface area contributed by atoms with Crippen LogP contribution in [0.15, 0.2) is 224 Å². The van der Waals surface area contributed by atoms with Crippen LogP contribution < -0.4 is 4.90 Å². The predicted octanol–water partition coefficient (Wildman–Crippen LogP) is 18.4. The van der Waals surface area contributed by atoms with E-state index in [-0.39, 0.29) is 5.41 Å². The Hall–Kier alpha value is -7.78. The third-order valence-electron chi connectivity index (χ3n) is 14.1. The molecule has 11 aromatic carbocycles. The lowest BCUT2D eigenvalue weighted by Crippen LogP contribution is -2.16. The number of anilines is 3. The SMILES string of the molecule is CC1(C)c2ccccc2-c2ccc(N(c3ccc(-c4ccccc4)cc3)c3ccc4c5ccccc5c5ccccc5c5ccccc5c5cc6c(cc5c4c3)sc3ccccc36)cc21. The van der Waals surface area contributed by atoms with Gasteiger partial charge in [0.05, 0.1) is 0 Å². The van der Waals surface area contributed by atoms with Crippen molar-refractivity contribution in [1.29, 1.82) is 0 Å². The van der Waals surface area contributed by atoms with Crippen molar-refractivity contribution in [1.82, 2.24) is 0 Å². The van der Waals surface area contributed by atoms with Crippen molar-refractivity contribution in [2.24, 2.45) is 0 Å². The summed E-state index contributed by atoms with van der Waals surface area (Å²) >= 11 is 1.89. The summed E-state index contributed by atoms with van der Waals surface area (Å²) in [6.45, 7) is 4.74. The Kier molecular flexibility index (Phi) is 8.50. The number of benzene rings is 10. The van der Waals surface area contributed by atoms with Crippen LogP contribution in [0.4, 0.5) is 17.1 Å². The quantitative estimate of drug-likeness (QED) is 0.171. The van der Waals surface area contributed by atoms with Crippen LogP contribution in [-0.4, -0.2) is 0 Å². The fraction of sp³-hybridized carbons (Fsp3) is 0.0476. The second kappa shape index (κ2) is 14.6. The lowest BCUT2D eigenvalue weighted by atomic mass is 9.82. The standard InChI is InChI=1S/C63H43NS/c1-63(2)59-26-14-12-24-52(59)53-35-33-44(37-60(53)63)64(42-30-28-41(29-31-42)40-16-4-3-5-17-40)43-32-34-51-49-22-9-8-20-47(49)45-18-6-7-19-46(45)48-21-10-11-23-50(48)56-38-58-54-25-13-15-27-61(54)65-62(58)39-57(56)55(51)36-43/h3-39H,1-2H3. The van der Waals surface area contributed by atoms with Crippen molar-refractivity contribution in [3.63, 3.8) is 0 Å². The third kappa shape index (κ3) is 5.91. The summed E-state index contributed by atoms with van der Waals surface area (Å²) in [4.78, 5) is 2.47. The first-order chi connectivity index (χ1) is 32.0. The monoisotopic (exact) mass is 845 g/mol. The molecule has 0 bridgehead atoms. The Labute approximate surface area is 382 Å². The smallest absolute Gasteiger partial charge is 0.0468 e.